The summed E-state index contributed by atoms with van der Waals surface area (Å²) >= 11 is 1.58. The fourth-order valence-electron chi connectivity index (χ4n) is 3.60. The van der Waals surface area contributed by atoms with E-state index in [2.05, 4.69) is 46.4 Å². The highest BCUT2D eigenvalue weighted by atomic mass is 32.1. The number of nitrogens with zero attached hydrogens (tertiary/aromatic N) is 2. The highest BCUT2D eigenvalue weighted by Gasteiger charge is 2.13. The van der Waals surface area contributed by atoms with Crippen LogP contribution in [0.15, 0.2) is 53.9 Å². The van der Waals surface area contributed by atoms with Crippen molar-refractivity contribution in [3.05, 3.63) is 70.7 Å². The van der Waals surface area contributed by atoms with Crippen LogP contribution in [-0.4, -0.2) is 42.1 Å². The summed E-state index contributed by atoms with van der Waals surface area (Å²) in [5.74, 6) is -0.0337. The van der Waals surface area contributed by atoms with Gasteiger partial charge in [-0.3, -0.25) is 9.69 Å². The molecule has 1 N–H and O–H groups in total. The Balaban J connectivity index is 1.35. The second kappa shape index (κ2) is 9.98. The lowest BCUT2D eigenvalue weighted by Gasteiger charge is -2.26. The molecule has 0 bridgehead atoms. The van der Waals surface area contributed by atoms with Crippen molar-refractivity contribution in [2.24, 2.45) is 0 Å². The first kappa shape index (κ1) is 20.7. The predicted molar refractivity (Wildman–Crippen MR) is 122 cm³/mol. The van der Waals surface area contributed by atoms with Crippen LogP contribution in [0.1, 0.15) is 23.7 Å². The minimum atomic E-state index is -0.0337. The van der Waals surface area contributed by atoms with Crippen LogP contribution in [0.3, 0.4) is 0 Å². The van der Waals surface area contributed by atoms with Gasteiger partial charge in [0, 0.05) is 36.3 Å². The molecule has 0 atom stereocenters. The second-order valence-electron chi connectivity index (χ2n) is 7.47. The molecule has 30 heavy (non-hydrogen) atoms. The Morgan fingerprint density at radius 2 is 1.90 bits per heavy atom. The molecule has 1 aliphatic rings. The number of rotatable bonds is 7. The van der Waals surface area contributed by atoms with E-state index in [1.54, 1.807) is 11.3 Å². The van der Waals surface area contributed by atoms with Gasteiger partial charge >= 0.3 is 0 Å². The van der Waals surface area contributed by atoms with Crippen molar-refractivity contribution in [3.63, 3.8) is 0 Å². The van der Waals surface area contributed by atoms with Gasteiger partial charge in [0.15, 0.2) is 0 Å². The monoisotopic (exact) mass is 421 g/mol. The van der Waals surface area contributed by atoms with Crippen LogP contribution in [0, 0.1) is 0 Å². The smallest absolute Gasteiger partial charge is 0.230 e. The molecule has 0 radical (unpaired) electrons. The molecule has 2 heterocycles. The Bertz CT molecular complexity index is 978. The molecular weight excluding hydrogens is 394 g/mol. The van der Waals surface area contributed by atoms with Crippen molar-refractivity contribution in [3.8, 4) is 10.6 Å². The number of nitrogens with one attached hydrogen (secondary N) is 1. The van der Waals surface area contributed by atoms with Crippen LogP contribution in [-0.2, 0) is 28.9 Å². The summed E-state index contributed by atoms with van der Waals surface area (Å²) in [5, 5.41) is 5.94. The molecule has 0 aliphatic carbocycles. The van der Waals surface area contributed by atoms with Gasteiger partial charge in [-0.25, -0.2) is 4.98 Å². The van der Waals surface area contributed by atoms with Crippen LogP contribution >= 0.6 is 11.3 Å². The van der Waals surface area contributed by atoms with E-state index in [1.807, 2.05) is 29.6 Å². The lowest BCUT2D eigenvalue weighted by Crippen LogP contribution is -2.35. The summed E-state index contributed by atoms with van der Waals surface area (Å²) in [4.78, 5) is 19.6. The molecular formula is C24H27N3O2S. The zero-order chi connectivity index (χ0) is 20.8. The Morgan fingerprint density at radius 1 is 1.13 bits per heavy atom. The fourth-order valence-corrected chi connectivity index (χ4v) is 4.43. The third-order valence-electron chi connectivity index (χ3n) is 5.28. The van der Waals surface area contributed by atoms with Crippen LogP contribution in [0.25, 0.3) is 10.6 Å². The number of anilines is 1. The molecule has 1 fully saturated rings. The van der Waals surface area contributed by atoms with Gasteiger partial charge in [0.25, 0.3) is 0 Å². The predicted octanol–water partition coefficient (Wildman–Crippen LogP) is 4.39. The maximum atomic E-state index is 12.5. The maximum absolute atomic E-state index is 12.5. The molecule has 5 nitrogen and oxygen atoms in total. The maximum Gasteiger partial charge on any atom is 0.230 e. The molecule has 1 aliphatic heterocycles. The number of aromatic nitrogens is 1. The quantitative estimate of drug-likeness (QED) is 0.615. The molecule has 1 aromatic heterocycles. The topological polar surface area (TPSA) is 54.5 Å². The molecule has 3 aromatic rings. The van der Waals surface area contributed by atoms with Crippen LogP contribution < -0.4 is 5.32 Å². The van der Waals surface area contributed by atoms with Gasteiger partial charge in [0.1, 0.15) is 5.01 Å². The number of amides is 1. The summed E-state index contributed by atoms with van der Waals surface area (Å²) in [6, 6.07) is 16.5. The zero-order valence-electron chi connectivity index (χ0n) is 17.3. The molecule has 156 valence electrons. The van der Waals surface area contributed by atoms with E-state index in [4.69, 9.17) is 4.74 Å². The van der Waals surface area contributed by atoms with Gasteiger partial charge in [-0.15, -0.1) is 11.3 Å². The lowest BCUT2D eigenvalue weighted by molar-refractivity contribution is -0.115. The van der Waals surface area contributed by atoms with Gasteiger partial charge in [-0.2, -0.15) is 0 Å². The normalized spacial score (nSPS) is 14.6. The van der Waals surface area contributed by atoms with E-state index < -0.39 is 0 Å². The zero-order valence-corrected chi connectivity index (χ0v) is 18.1. The molecule has 4 rings (SSSR count). The number of carbonyl (C=O) groups is 1. The first-order valence-corrected chi connectivity index (χ1v) is 11.3. The highest BCUT2D eigenvalue weighted by molar-refractivity contribution is 7.13. The van der Waals surface area contributed by atoms with E-state index >= 15 is 0 Å². The average Bonchev–Trinajstić information content (AvgIpc) is 3.23. The molecule has 6 heteroatoms. The van der Waals surface area contributed by atoms with E-state index in [-0.39, 0.29) is 12.3 Å². The number of para-hydroxylation sites is 1. The van der Waals surface area contributed by atoms with E-state index in [0.717, 1.165) is 66.8 Å². The largest absolute Gasteiger partial charge is 0.379 e. The number of carbonyl (C=O) groups excluding carboxylic acids is 1. The van der Waals surface area contributed by atoms with Gasteiger partial charge in [-0.05, 0) is 23.6 Å². The number of aryl methyl sites for hydroxylation is 1. The number of benzene rings is 2. The first-order chi connectivity index (χ1) is 14.7. The third-order valence-corrected chi connectivity index (χ3v) is 6.22. The summed E-state index contributed by atoms with van der Waals surface area (Å²) in [5.41, 5.74) is 5.22. The number of morpholine rings is 1. The Morgan fingerprint density at radius 3 is 2.67 bits per heavy atom. The van der Waals surface area contributed by atoms with E-state index in [1.165, 1.54) is 5.56 Å². The first-order valence-electron chi connectivity index (χ1n) is 10.4. The number of hydrogen-bond acceptors (Lipinski definition) is 5. The SMILES string of the molecule is CCc1ccccc1NC(=O)Cc1csc(-c2ccc(CN3CCOCC3)cc2)n1. The number of hydrogen-bond donors (Lipinski definition) is 1. The van der Waals surface area contributed by atoms with Crippen molar-refractivity contribution in [2.75, 3.05) is 31.6 Å². The van der Waals surface area contributed by atoms with Crippen molar-refractivity contribution in [2.45, 2.75) is 26.3 Å². The summed E-state index contributed by atoms with van der Waals surface area (Å²) in [6.07, 6.45) is 1.17. The summed E-state index contributed by atoms with van der Waals surface area (Å²) in [6.45, 7) is 6.65. The molecule has 2 aromatic carbocycles. The van der Waals surface area contributed by atoms with Crippen molar-refractivity contribution in [1.29, 1.82) is 0 Å². The second-order valence-corrected chi connectivity index (χ2v) is 8.32. The van der Waals surface area contributed by atoms with E-state index in [9.17, 15) is 4.79 Å². The van der Waals surface area contributed by atoms with Gasteiger partial charge in [0.2, 0.25) is 5.91 Å². The van der Waals surface area contributed by atoms with Gasteiger partial charge < -0.3 is 10.1 Å². The van der Waals surface area contributed by atoms with Crippen LogP contribution in [0.5, 0.6) is 0 Å². The minimum Gasteiger partial charge on any atom is -0.379 e. The van der Waals surface area contributed by atoms with Gasteiger partial charge in [-0.1, -0.05) is 49.4 Å². The molecule has 0 saturated carbocycles. The number of ether oxygens (including phenoxy) is 1. The molecule has 1 amide bonds. The summed E-state index contributed by atoms with van der Waals surface area (Å²) < 4.78 is 5.41. The van der Waals surface area contributed by atoms with Crippen molar-refractivity contribution in [1.82, 2.24) is 9.88 Å². The Labute approximate surface area is 181 Å². The highest BCUT2D eigenvalue weighted by Crippen LogP contribution is 2.25. The lowest BCUT2D eigenvalue weighted by atomic mass is 10.1. The third kappa shape index (κ3) is 5.33. The molecule has 1 saturated heterocycles. The summed E-state index contributed by atoms with van der Waals surface area (Å²) in [7, 11) is 0. The van der Waals surface area contributed by atoms with E-state index in [0.29, 0.717) is 0 Å². The Kier molecular flexibility index (Phi) is 6.89. The molecule has 0 unspecified atom stereocenters. The van der Waals surface area contributed by atoms with Crippen molar-refractivity contribution >= 4 is 22.9 Å². The average molecular weight is 422 g/mol. The van der Waals surface area contributed by atoms with Crippen LogP contribution in [0.4, 0.5) is 5.69 Å². The minimum absolute atomic E-state index is 0.0337. The number of thiazole rings is 1. The fraction of sp³-hybridized carbons (Fsp3) is 0.333. The Hall–Kier alpha value is -2.54. The van der Waals surface area contributed by atoms with Crippen LogP contribution in [0.2, 0.25) is 0 Å². The molecule has 0 spiro atoms. The standard InChI is InChI=1S/C24H27N3O2S/c1-2-19-5-3-4-6-22(19)26-23(28)15-21-17-30-24(25-21)20-9-7-18(8-10-20)16-27-11-13-29-14-12-27/h3-10,17H,2,11-16H2,1H3,(H,26,28). The van der Waals surface area contributed by atoms with Crippen molar-refractivity contribution < 1.29 is 9.53 Å². The van der Waals surface area contributed by atoms with Gasteiger partial charge in [0.05, 0.1) is 25.3 Å².